The highest BCUT2D eigenvalue weighted by Gasteiger charge is 2.25. The molecule has 6 nitrogen and oxygen atoms in total. The Morgan fingerprint density at radius 2 is 1.69 bits per heavy atom. The van der Waals surface area contributed by atoms with E-state index >= 15 is 0 Å². The van der Waals surface area contributed by atoms with Crippen LogP contribution in [0.4, 0.5) is 4.79 Å². The molecule has 35 heavy (non-hydrogen) atoms. The summed E-state index contributed by atoms with van der Waals surface area (Å²) in [7, 11) is 0. The molecule has 0 N–H and O–H groups in total. The molecule has 1 aliphatic rings. The average molecular weight is 492 g/mol. The number of ketones is 1. The van der Waals surface area contributed by atoms with E-state index < -0.39 is 5.60 Å². The molecule has 0 atom stereocenters. The fraction of sp³-hybridized carbons (Fsp3) is 0.393. The maximum atomic E-state index is 12.8. The predicted octanol–water partition coefficient (Wildman–Crippen LogP) is 5.31. The van der Waals surface area contributed by atoms with E-state index in [1.807, 2.05) is 63.2 Å². The van der Waals surface area contributed by atoms with Crippen molar-refractivity contribution in [1.82, 2.24) is 14.8 Å². The molecule has 7 heteroatoms. The summed E-state index contributed by atoms with van der Waals surface area (Å²) in [6.45, 7) is 9.66. The number of pyridine rings is 1. The number of piperazine rings is 1. The van der Waals surface area contributed by atoms with E-state index in [2.05, 4.69) is 22.0 Å². The Labute approximate surface area is 211 Å². The zero-order valence-electron chi connectivity index (χ0n) is 20.7. The highest BCUT2D eigenvalue weighted by Crippen LogP contribution is 2.27. The second-order valence-electron chi connectivity index (χ2n) is 9.79. The molecule has 0 spiro atoms. The smallest absolute Gasteiger partial charge is 0.410 e. The summed E-state index contributed by atoms with van der Waals surface area (Å²) in [4.78, 5) is 34.6. The van der Waals surface area contributed by atoms with Crippen molar-refractivity contribution in [2.24, 2.45) is 0 Å². The Bertz CT molecular complexity index is 1160. The molecule has 0 radical (unpaired) electrons. The lowest BCUT2D eigenvalue weighted by Gasteiger charge is -2.35. The molecule has 1 fully saturated rings. The number of aromatic nitrogens is 1. The highest BCUT2D eigenvalue weighted by atomic mass is 32.2. The number of carbonyl (C=O) groups is 2. The van der Waals surface area contributed by atoms with Gasteiger partial charge in [-0.3, -0.25) is 14.7 Å². The summed E-state index contributed by atoms with van der Waals surface area (Å²) < 4.78 is 5.47. The number of amides is 1. The third-order valence-corrected chi connectivity index (χ3v) is 7.06. The first kappa shape index (κ1) is 25.2. The van der Waals surface area contributed by atoms with E-state index in [1.165, 1.54) is 5.56 Å². The van der Waals surface area contributed by atoms with Crippen LogP contribution in [0.1, 0.15) is 36.7 Å². The van der Waals surface area contributed by atoms with Crippen LogP contribution in [0.15, 0.2) is 65.7 Å². The number of hydrogen-bond acceptors (Lipinski definition) is 6. The summed E-state index contributed by atoms with van der Waals surface area (Å²) >= 11 is 1.56. The van der Waals surface area contributed by atoms with E-state index in [4.69, 9.17) is 4.74 Å². The Balaban J connectivity index is 1.23. The standard InChI is InChI=1S/C28H33N3O3S/c1-28(2,3)34-27(33)31-18-16-30(17-19-31)15-13-21-8-10-22(11-9-21)25(32)20-35-26-12-14-29-24-7-5-4-6-23(24)26/h4-12,14H,13,15-20H2,1-3H3. The van der Waals surface area contributed by atoms with Gasteiger partial charge in [0.05, 0.1) is 11.3 Å². The number of rotatable bonds is 7. The minimum Gasteiger partial charge on any atom is -0.444 e. The Kier molecular flexibility index (Phi) is 8.08. The van der Waals surface area contributed by atoms with Crippen molar-refractivity contribution in [3.63, 3.8) is 0 Å². The minimum absolute atomic E-state index is 0.126. The maximum Gasteiger partial charge on any atom is 0.410 e. The number of thioether (sulfide) groups is 1. The second kappa shape index (κ2) is 11.2. The Morgan fingerprint density at radius 1 is 0.971 bits per heavy atom. The molecular formula is C28H33N3O3S. The normalized spacial score (nSPS) is 14.8. The van der Waals surface area contributed by atoms with Crippen molar-refractivity contribution >= 4 is 34.5 Å². The lowest BCUT2D eigenvalue weighted by molar-refractivity contribution is 0.0146. The molecule has 0 unspecified atom stereocenters. The first-order valence-corrected chi connectivity index (χ1v) is 13.1. The third kappa shape index (κ3) is 7.05. The van der Waals surface area contributed by atoms with Crippen molar-refractivity contribution in [3.8, 4) is 0 Å². The van der Waals surface area contributed by atoms with E-state index in [-0.39, 0.29) is 11.9 Å². The van der Waals surface area contributed by atoms with Crippen LogP contribution < -0.4 is 0 Å². The van der Waals surface area contributed by atoms with Crippen LogP contribution in [0.5, 0.6) is 0 Å². The van der Waals surface area contributed by atoms with Crippen LogP contribution in [-0.2, 0) is 11.2 Å². The second-order valence-corrected chi connectivity index (χ2v) is 10.8. The van der Waals surface area contributed by atoms with Gasteiger partial charge >= 0.3 is 6.09 Å². The molecular weight excluding hydrogens is 458 g/mol. The molecule has 0 aliphatic carbocycles. The fourth-order valence-corrected chi connectivity index (χ4v) is 4.99. The maximum absolute atomic E-state index is 12.8. The van der Waals surface area contributed by atoms with Crippen molar-refractivity contribution in [2.45, 2.75) is 37.7 Å². The van der Waals surface area contributed by atoms with Crippen LogP contribution in [0.2, 0.25) is 0 Å². The number of ether oxygens (including phenoxy) is 1. The van der Waals surface area contributed by atoms with Crippen LogP contribution in [0, 0.1) is 0 Å². The molecule has 1 aliphatic heterocycles. The molecule has 1 amide bonds. The summed E-state index contributed by atoms with van der Waals surface area (Å²) in [5.41, 5.74) is 2.43. The topological polar surface area (TPSA) is 62.7 Å². The molecule has 4 rings (SSSR count). The summed E-state index contributed by atoms with van der Waals surface area (Å²) in [6, 6.07) is 17.9. The monoisotopic (exact) mass is 491 g/mol. The number of para-hydroxylation sites is 1. The zero-order valence-corrected chi connectivity index (χ0v) is 21.5. The van der Waals surface area contributed by atoms with Gasteiger partial charge in [0.15, 0.2) is 5.78 Å². The fourth-order valence-electron chi connectivity index (χ4n) is 4.05. The molecule has 0 bridgehead atoms. The Morgan fingerprint density at radius 3 is 2.40 bits per heavy atom. The van der Waals surface area contributed by atoms with E-state index in [1.54, 1.807) is 22.9 Å². The van der Waals surface area contributed by atoms with E-state index in [0.717, 1.165) is 47.4 Å². The number of hydrogen-bond donors (Lipinski definition) is 0. The van der Waals surface area contributed by atoms with Gasteiger partial charge in [-0.05, 0) is 44.9 Å². The molecule has 1 saturated heterocycles. The van der Waals surface area contributed by atoms with Crippen molar-refractivity contribution in [3.05, 3.63) is 71.9 Å². The van der Waals surface area contributed by atoms with Gasteiger partial charge in [0, 0.05) is 54.8 Å². The van der Waals surface area contributed by atoms with Gasteiger partial charge in [-0.2, -0.15) is 0 Å². The van der Waals surface area contributed by atoms with Crippen LogP contribution in [0.3, 0.4) is 0 Å². The molecule has 184 valence electrons. The minimum atomic E-state index is -0.464. The van der Waals surface area contributed by atoms with E-state index in [9.17, 15) is 9.59 Å². The summed E-state index contributed by atoms with van der Waals surface area (Å²) in [5, 5.41) is 1.08. The lowest BCUT2D eigenvalue weighted by Crippen LogP contribution is -2.50. The largest absolute Gasteiger partial charge is 0.444 e. The van der Waals surface area contributed by atoms with Crippen LogP contribution in [0.25, 0.3) is 10.9 Å². The van der Waals surface area contributed by atoms with Crippen LogP contribution >= 0.6 is 11.8 Å². The average Bonchev–Trinajstić information content (AvgIpc) is 2.85. The number of benzene rings is 2. The zero-order chi connectivity index (χ0) is 24.8. The first-order valence-electron chi connectivity index (χ1n) is 12.1. The third-order valence-electron chi connectivity index (χ3n) is 5.98. The number of fused-ring (bicyclic) bond motifs is 1. The molecule has 0 saturated carbocycles. The number of nitrogens with zero attached hydrogens (tertiary/aromatic N) is 3. The van der Waals surface area contributed by atoms with Gasteiger partial charge in [-0.25, -0.2) is 4.79 Å². The van der Waals surface area contributed by atoms with Gasteiger partial charge in [0.25, 0.3) is 0 Å². The van der Waals surface area contributed by atoms with Crippen molar-refractivity contribution in [1.29, 1.82) is 0 Å². The molecule has 3 aromatic rings. The quantitative estimate of drug-likeness (QED) is 0.330. The predicted molar refractivity (Wildman–Crippen MR) is 141 cm³/mol. The molecule has 1 aromatic heterocycles. The van der Waals surface area contributed by atoms with Gasteiger partial charge < -0.3 is 9.64 Å². The number of carbonyl (C=O) groups excluding carboxylic acids is 2. The first-order chi connectivity index (χ1) is 16.8. The summed E-state index contributed by atoms with van der Waals surface area (Å²) in [6.07, 6.45) is 2.48. The Hall–Kier alpha value is -2.90. The van der Waals surface area contributed by atoms with Crippen LogP contribution in [-0.4, -0.2) is 70.7 Å². The van der Waals surface area contributed by atoms with Crippen molar-refractivity contribution in [2.75, 3.05) is 38.5 Å². The lowest BCUT2D eigenvalue weighted by atomic mass is 10.1. The van der Waals surface area contributed by atoms with Gasteiger partial charge in [0.1, 0.15) is 5.60 Å². The van der Waals surface area contributed by atoms with Gasteiger partial charge in [-0.1, -0.05) is 42.5 Å². The highest BCUT2D eigenvalue weighted by molar-refractivity contribution is 8.00. The van der Waals surface area contributed by atoms with Gasteiger partial charge in [0.2, 0.25) is 0 Å². The SMILES string of the molecule is CC(C)(C)OC(=O)N1CCN(CCc2ccc(C(=O)CSc3ccnc4ccccc34)cc2)CC1. The van der Waals surface area contributed by atoms with Gasteiger partial charge in [-0.15, -0.1) is 11.8 Å². The molecule has 2 heterocycles. The summed E-state index contributed by atoms with van der Waals surface area (Å²) in [5.74, 6) is 0.524. The van der Waals surface area contributed by atoms with E-state index in [0.29, 0.717) is 18.8 Å². The van der Waals surface area contributed by atoms with Crippen molar-refractivity contribution < 1.29 is 14.3 Å². The molecule has 2 aromatic carbocycles. The number of Topliss-reactive ketones (excluding diaryl/α,β-unsaturated/α-hetero) is 1.